The van der Waals surface area contributed by atoms with Crippen molar-refractivity contribution in [2.24, 2.45) is 0 Å². The van der Waals surface area contributed by atoms with E-state index in [4.69, 9.17) is 30.8 Å². The van der Waals surface area contributed by atoms with Crippen LogP contribution in [0.2, 0.25) is 23.3 Å². The van der Waals surface area contributed by atoms with Gasteiger partial charge < -0.3 is 9.16 Å². The first-order chi connectivity index (χ1) is 16.1. The molecule has 3 heterocycles. The Kier molecular flexibility index (Phi) is 6.75. The highest BCUT2D eigenvalue weighted by molar-refractivity contribution is 6.74. The van der Waals surface area contributed by atoms with Gasteiger partial charge in [-0.1, -0.05) is 62.7 Å². The van der Waals surface area contributed by atoms with Gasteiger partial charge in [-0.2, -0.15) is 5.10 Å². The number of nitrogens with zero attached hydrogens (tertiary/aromatic N) is 5. The van der Waals surface area contributed by atoms with E-state index < -0.39 is 8.32 Å². The van der Waals surface area contributed by atoms with Crippen LogP contribution in [0.3, 0.4) is 0 Å². The lowest BCUT2D eigenvalue weighted by Gasteiger charge is -2.36. The fourth-order valence-corrected chi connectivity index (χ4v) is 4.58. The van der Waals surface area contributed by atoms with Gasteiger partial charge in [0.15, 0.2) is 25.0 Å². The molecule has 0 aliphatic carbocycles. The summed E-state index contributed by atoms with van der Waals surface area (Å²) in [5.74, 6) is 1.04. The molecule has 1 aromatic carbocycles. The molecule has 7 nitrogen and oxygen atoms in total. The minimum Gasteiger partial charge on any atom is -0.493 e. The predicted octanol–water partition coefficient (Wildman–Crippen LogP) is 6.24. The minimum absolute atomic E-state index is 0.161. The van der Waals surface area contributed by atoms with E-state index in [1.165, 1.54) is 0 Å². The minimum atomic E-state index is -1.83. The van der Waals surface area contributed by atoms with Gasteiger partial charge in [0.1, 0.15) is 11.2 Å². The first kappa shape index (κ1) is 24.3. The van der Waals surface area contributed by atoms with Crippen LogP contribution in [0.15, 0.2) is 48.8 Å². The number of halogens is 1. The van der Waals surface area contributed by atoms with Gasteiger partial charge in [-0.05, 0) is 18.1 Å². The van der Waals surface area contributed by atoms with Gasteiger partial charge in [0, 0.05) is 17.8 Å². The lowest BCUT2D eigenvalue weighted by molar-refractivity contribution is 0.266. The summed E-state index contributed by atoms with van der Waals surface area (Å²) >= 11 is 6.16. The second kappa shape index (κ2) is 9.44. The topological polar surface area (TPSA) is 75.0 Å². The number of benzene rings is 1. The third-order valence-electron chi connectivity index (χ3n) is 6.35. The van der Waals surface area contributed by atoms with Crippen LogP contribution in [-0.4, -0.2) is 46.8 Å². The van der Waals surface area contributed by atoms with Crippen LogP contribution < -0.4 is 4.74 Å². The molecule has 4 rings (SSSR count). The number of methoxy groups -OCH3 is 1. The summed E-state index contributed by atoms with van der Waals surface area (Å²) in [4.78, 5) is 13.7. The first-order valence-electron chi connectivity index (χ1n) is 11.2. The molecular formula is C25H30ClN5O2Si. The Hall–Kier alpha value is -2.81. The van der Waals surface area contributed by atoms with Crippen molar-refractivity contribution in [1.82, 2.24) is 24.7 Å². The first-order valence-corrected chi connectivity index (χ1v) is 14.5. The highest BCUT2D eigenvalue weighted by Gasteiger charge is 2.36. The van der Waals surface area contributed by atoms with Crippen LogP contribution in [0.5, 0.6) is 5.75 Å². The molecule has 3 aromatic heterocycles. The van der Waals surface area contributed by atoms with E-state index in [-0.39, 0.29) is 10.2 Å². The number of ether oxygens (including phenoxy) is 1. The quantitative estimate of drug-likeness (QED) is 0.223. The molecular weight excluding hydrogens is 466 g/mol. The van der Waals surface area contributed by atoms with Crippen LogP contribution in [0.25, 0.3) is 33.7 Å². The average Bonchev–Trinajstić information content (AvgIpc) is 3.22. The Balaban J connectivity index is 1.70. The maximum Gasteiger partial charge on any atom is 0.192 e. The van der Waals surface area contributed by atoms with Crippen molar-refractivity contribution in [3.63, 3.8) is 0 Å². The Morgan fingerprint density at radius 1 is 1.06 bits per heavy atom. The van der Waals surface area contributed by atoms with Crippen LogP contribution in [0.4, 0.5) is 0 Å². The van der Waals surface area contributed by atoms with Gasteiger partial charge in [-0.15, -0.1) is 0 Å². The van der Waals surface area contributed by atoms with Crippen LogP contribution in [0.1, 0.15) is 20.8 Å². The Morgan fingerprint density at radius 3 is 2.47 bits per heavy atom. The number of hydrogen-bond donors (Lipinski definition) is 0. The smallest absolute Gasteiger partial charge is 0.192 e. The van der Waals surface area contributed by atoms with Crippen molar-refractivity contribution in [2.75, 3.05) is 13.7 Å². The van der Waals surface area contributed by atoms with Gasteiger partial charge in [-0.3, -0.25) is 4.68 Å². The van der Waals surface area contributed by atoms with Gasteiger partial charge in [0.25, 0.3) is 0 Å². The SMILES string of the molecule is COc1cc2nc(-c3cn(CCO[Si](C)(C)C(C)(C)C)nc3-c3ccccc3)ncc2nc1Cl. The van der Waals surface area contributed by atoms with Gasteiger partial charge in [0.05, 0.1) is 37.5 Å². The largest absolute Gasteiger partial charge is 0.493 e. The highest BCUT2D eigenvalue weighted by atomic mass is 35.5. The Bertz CT molecular complexity index is 1300. The standard InChI is InChI=1S/C25H30ClN5O2Si/c1-25(2,3)34(5,6)33-13-12-31-16-18(22(30-31)17-10-8-7-9-11-17)24-27-15-20-19(29-24)14-21(32-4)23(26)28-20/h7-11,14-16H,12-13H2,1-6H3. The van der Waals surface area contributed by atoms with E-state index in [0.717, 1.165) is 16.8 Å². The maximum atomic E-state index is 6.36. The summed E-state index contributed by atoms with van der Waals surface area (Å²) < 4.78 is 13.6. The molecule has 0 N–H and O–H groups in total. The molecule has 4 aromatic rings. The zero-order valence-electron chi connectivity index (χ0n) is 20.5. The summed E-state index contributed by atoms with van der Waals surface area (Å²) in [5, 5.41) is 5.32. The molecule has 0 amide bonds. The highest BCUT2D eigenvalue weighted by Crippen LogP contribution is 2.36. The summed E-state index contributed by atoms with van der Waals surface area (Å²) in [5.41, 5.74) is 3.91. The predicted molar refractivity (Wildman–Crippen MR) is 139 cm³/mol. The fraction of sp³-hybridized carbons (Fsp3) is 0.360. The summed E-state index contributed by atoms with van der Waals surface area (Å²) in [7, 11) is -0.277. The molecule has 0 unspecified atom stereocenters. The zero-order chi connectivity index (χ0) is 24.5. The van der Waals surface area contributed by atoms with Crippen molar-refractivity contribution in [2.45, 2.75) is 45.4 Å². The lowest BCUT2D eigenvalue weighted by Crippen LogP contribution is -2.41. The summed E-state index contributed by atoms with van der Waals surface area (Å²) in [6.07, 6.45) is 3.66. The van der Waals surface area contributed by atoms with Crippen molar-refractivity contribution >= 4 is 31.0 Å². The van der Waals surface area contributed by atoms with E-state index in [2.05, 4.69) is 43.8 Å². The molecule has 34 heavy (non-hydrogen) atoms. The third-order valence-corrected chi connectivity index (χ3v) is 11.2. The number of aromatic nitrogens is 5. The monoisotopic (exact) mass is 495 g/mol. The molecule has 0 fully saturated rings. The van der Waals surface area contributed by atoms with Gasteiger partial charge in [0.2, 0.25) is 0 Å². The molecule has 0 atom stereocenters. The van der Waals surface area contributed by atoms with E-state index in [1.807, 2.05) is 41.2 Å². The zero-order valence-corrected chi connectivity index (χ0v) is 22.2. The molecule has 178 valence electrons. The number of pyridine rings is 1. The molecule has 9 heteroatoms. The van der Waals surface area contributed by atoms with Gasteiger partial charge in [-0.25, -0.2) is 15.0 Å². The average molecular weight is 496 g/mol. The molecule has 0 aliphatic heterocycles. The molecule has 0 spiro atoms. The second-order valence-corrected chi connectivity index (χ2v) is 14.9. The summed E-state index contributed by atoms with van der Waals surface area (Å²) in [6.45, 7) is 12.5. The number of rotatable bonds is 7. The van der Waals surface area contributed by atoms with Crippen LogP contribution in [-0.2, 0) is 11.0 Å². The second-order valence-electron chi connectivity index (χ2n) is 9.71. The van der Waals surface area contributed by atoms with Crippen molar-refractivity contribution < 1.29 is 9.16 Å². The van der Waals surface area contributed by atoms with Crippen LogP contribution >= 0.6 is 11.6 Å². The number of hydrogen-bond acceptors (Lipinski definition) is 6. The van der Waals surface area contributed by atoms with Crippen molar-refractivity contribution in [3.05, 3.63) is 53.9 Å². The number of fused-ring (bicyclic) bond motifs is 1. The lowest BCUT2D eigenvalue weighted by atomic mass is 10.1. The molecule has 0 bridgehead atoms. The fourth-order valence-electron chi connectivity index (χ4n) is 3.32. The van der Waals surface area contributed by atoms with Crippen LogP contribution in [0, 0.1) is 0 Å². The van der Waals surface area contributed by atoms with E-state index in [9.17, 15) is 0 Å². The summed E-state index contributed by atoms with van der Waals surface area (Å²) in [6, 6.07) is 11.8. The molecule has 0 saturated heterocycles. The Morgan fingerprint density at radius 2 is 1.79 bits per heavy atom. The molecule has 0 radical (unpaired) electrons. The van der Waals surface area contributed by atoms with Crippen molar-refractivity contribution in [3.8, 4) is 28.4 Å². The van der Waals surface area contributed by atoms with E-state index in [1.54, 1.807) is 19.4 Å². The Labute approximate surface area is 206 Å². The van der Waals surface area contributed by atoms with E-state index >= 15 is 0 Å². The van der Waals surface area contributed by atoms with E-state index in [0.29, 0.717) is 35.8 Å². The van der Waals surface area contributed by atoms with Gasteiger partial charge >= 0.3 is 0 Å². The third kappa shape index (κ3) is 4.99. The maximum absolute atomic E-state index is 6.36. The molecule has 0 saturated carbocycles. The molecule has 0 aliphatic rings. The normalized spacial score (nSPS) is 12.3. The van der Waals surface area contributed by atoms with Crippen molar-refractivity contribution in [1.29, 1.82) is 0 Å².